The Bertz CT molecular complexity index is 313. The molecular weight excluding hydrogens is 232 g/mol. The van der Waals surface area contributed by atoms with Crippen LogP contribution in [0.15, 0.2) is 10.7 Å². The fourth-order valence-electron chi connectivity index (χ4n) is 1.15. The third-order valence-corrected chi connectivity index (χ3v) is 2.20. The van der Waals surface area contributed by atoms with Crippen LogP contribution < -0.4 is 0 Å². The van der Waals surface area contributed by atoms with Crippen LogP contribution in [-0.2, 0) is 6.54 Å². The fraction of sp³-hybridized carbons (Fsp3) is 0.444. The van der Waals surface area contributed by atoms with E-state index < -0.39 is 0 Å². The van der Waals surface area contributed by atoms with Crippen LogP contribution in [0.25, 0.3) is 0 Å². The summed E-state index contributed by atoms with van der Waals surface area (Å²) in [5.74, 6) is 0.235. The van der Waals surface area contributed by atoms with Gasteiger partial charge in [0.2, 0.25) is 0 Å². The fourth-order valence-corrected chi connectivity index (χ4v) is 1.69. The predicted molar refractivity (Wildman–Crippen MR) is 55.7 cm³/mol. The highest BCUT2D eigenvalue weighted by molar-refractivity contribution is 9.10. The van der Waals surface area contributed by atoms with E-state index in [0.717, 1.165) is 11.3 Å². The van der Waals surface area contributed by atoms with Crippen molar-refractivity contribution in [2.24, 2.45) is 0 Å². The average molecular weight is 245 g/mol. The molecule has 0 aliphatic rings. The number of aromatic nitrogens is 1. The van der Waals surface area contributed by atoms with Gasteiger partial charge >= 0.3 is 0 Å². The molecule has 0 fully saturated rings. The summed E-state index contributed by atoms with van der Waals surface area (Å²) in [5, 5.41) is 9.63. The second-order valence-corrected chi connectivity index (χ2v) is 4.05. The lowest BCUT2D eigenvalue weighted by Crippen LogP contribution is -2.11. The van der Waals surface area contributed by atoms with Gasteiger partial charge in [-0.1, -0.05) is 0 Å². The van der Waals surface area contributed by atoms with Crippen LogP contribution in [0.1, 0.15) is 11.3 Å². The molecule has 1 rings (SSSR count). The van der Waals surface area contributed by atoms with Crippen molar-refractivity contribution in [1.82, 2.24) is 9.88 Å². The maximum atomic E-state index is 9.63. The lowest BCUT2D eigenvalue weighted by atomic mass is 10.2. The van der Waals surface area contributed by atoms with Crippen LogP contribution in [0.3, 0.4) is 0 Å². The Kier molecular flexibility index (Phi) is 3.27. The summed E-state index contributed by atoms with van der Waals surface area (Å²) in [5.41, 5.74) is 1.80. The van der Waals surface area contributed by atoms with Crippen LogP contribution in [0.4, 0.5) is 0 Å². The summed E-state index contributed by atoms with van der Waals surface area (Å²) in [4.78, 5) is 6.09. The Morgan fingerprint density at radius 2 is 2.15 bits per heavy atom. The second-order valence-electron chi connectivity index (χ2n) is 3.30. The number of aromatic hydroxyl groups is 1. The molecule has 4 heteroatoms. The van der Waals surface area contributed by atoms with E-state index >= 15 is 0 Å². The number of pyridine rings is 1. The van der Waals surface area contributed by atoms with E-state index in [9.17, 15) is 5.11 Å². The molecule has 0 saturated carbocycles. The third-order valence-electron chi connectivity index (χ3n) is 1.64. The summed E-state index contributed by atoms with van der Waals surface area (Å²) in [6.45, 7) is 2.62. The molecule has 0 spiro atoms. The van der Waals surface area contributed by atoms with Crippen LogP contribution in [-0.4, -0.2) is 29.1 Å². The van der Waals surface area contributed by atoms with Gasteiger partial charge in [-0.3, -0.25) is 0 Å². The molecular formula is C9H13BrN2O. The van der Waals surface area contributed by atoms with Crippen molar-refractivity contribution in [3.8, 4) is 5.75 Å². The molecule has 1 aromatic heterocycles. The van der Waals surface area contributed by atoms with Gasteiger partial charge in [0, 0.05) is 17.8 Å². The zero-order valence-electron chi connectivity index (χ0n) is 8.00. The summed E-state index contributed by atoms with van der Waals surface area (Å²) < 4.78 is 0.518. The average Bonchev–Trinajstić information content (AvgIpc) is 1.98. The molecule has 0 aliphatic carbocycles. The molecule has 0 unspecified atom stereocenters. The van der Waals surface area contributed by atoms with E-state index in [2.05, 4.69) is 20.9 Å². The first-order valence-electron chi connectivity index (χ1n) is 4.00. The van der Waals surface area contributed by atoms with Gasteiger partial charge in [0.1, 0.15) is 4.60 Å². The van der Waals surface area contributed by atoms with Crippen LogP contribution in [0.5, 0.6) is 5.75 Å². The van der Waals surface area contributed by atoms with Crippen molar-refractivity contribution < 1.29 is 5.11 Å². The van der Waals surface area contributed by atoms with Gasteiger partial charge in [-0.15, -0.1) is 0 Å². The van der Waals surface area contributed by atoms with Gasteiger partial charge in [0.15, 0.2) is 5.75 Å². The molecule has 0 amide bonds. The molecule has 0 saturated heterocycles. The van der Waals surface area contributed by atoms with Gasteiger partial charge in [0.25, 0.3) is 0 Å². The zero-order chi connectivity index (χ0) is 10.0. The van der Waals surface area contributed by atoms with Gasteiger partial charge in [-0.25, -0.2) is 4.98 Å². The monoisotopic (exact) mass is 244 g/mol. The largest absolute Gasteiger partial charge is 0.505 e. The highest BCUT2D eigenvalue weighted by atomic mass is 79.9. The summed E-state index contributed by atoms with van der Waals surface area (Å²) in [6, 6.07) is 1.89. The lowest BCUT2D eigenvalue weighted by Gasteiger charge is -2.12. The van der Waals surface area contributed by atoms with Gasteiger partial charge < -0.3 is 10.0 Å². The summed E-state index contributed by atoms with van der Waals surface area (Å²) in [7, 11) is 3.92. The first kappa shape index (κ1) is 10.5. The van der Waals surface area contributed by atoms with E-state index in [1.165, 1.54) is 0 Å². The molecule has 72 valence electrons. The van der Waals surface area contributed by atoms with Gasteiger partial charge in [0.05, 0.1) is 0 Å². The van der Waals surface area contributed by atoms with Crippen molar-refractivity contribution in [2.75, 3.05) is 14.1 Å². The Hall–Kier alpha value is -0.610. The van der Waals surface area contributed by atoms with Crippen molar-refractivity contribution in [3.05, 3.63) is 21.9 Å². The number of aryl methyl sites for hydroxylation is 1. The molecule has 1 aromatic rings. The highest BCUT2D eigenvalue weighted by Crippen LogP contribution is 2.27. The van der Waals surface area contributed by atoms with Crippen molar-refractivity contribution in [3.63, 3.8) is 0 Å². The Morgan fingerprint density at radius 1 is 1.54 bits per heavy atom. The van der Waals surface area contributed by atoms with E-state index in [1.807, 2.05) is 32.0 Å². The first-order valence-corrected chi connectivity index (χ1v) is 4.79. The lowest BCUT2D eigenvalue weighted by molar-refractivity contribution is 0.383. The first-order chi connectivity index (χ1) is 6.00. The van der Waals surface area contributed by atoms with Gasteiger partial charge in [-0.05, 0) is 43.0 Å². The van der Waals surface area contributed by atoms with E-state index in [-0.39, 0.29) is 5.75 Å². The minimum atomic E-state index is 0.235. The number of nitrogens with zero attached hydrogens (tertiary/aromatic N) is 2. The zero-order valence-corrected chi connectivity index (χ0v) is 9.59. The standard InChI is InChI=1S/C9H13BrN2O/c1-6-4-7(5-12(2)3)8(13)9(10)11-6/h4,13H,5H2,1-3H3. The van der Waals surface area contributed by atoms with Crippen LogP contribution >= 0.6 is 15.9 Å². The maximum Gasteiger partial charge on any atom is 0.152 e. The highest BCUT2D eigenvalue weighted by Gasteiger charge is 2.08. The van der Waals surface area contributed by atoms with E-state index in [0.29, 0.717) is 11.1 Å². The topological polar surface area (TPSA) is 36.4 Å². The van der Waals surface area contributed by atoms with E-state index in [1.54, 1.807) is 0 Å². The smallest absolute Gasteiger partial charge is 0.152 e. The minimum absolute atomic E-state index is 0.235. The molecule has 1 heterocycles. The molecule has 13 heavy (non-hydrogen) atoms. The number of hydrogen-bond donors (Lipinski definition) is 1. The molecule has 0 atom stereocenters. The van der Waals surface area contributed by atoms with Crippen molar-refractivity contribution in [2.45, 2.75) is 13.5 Å². The Morgan fingerprint density at radius 3 is 2.69 bits per heavy atom. The normalized spacial score (nSPS) is 10.8. The molecule has 0 bridgehead atoms. The van der Waals surface area contributed by atoms with Crippen molar-refractivity contribution in [1.29, 1.82) is 0 Å². The Balaban J connectivity index is 3.05. The summed E-state index contributed by atoms with van der Waals surface area (Å²) in [6.07, 6.45) is 0. The minimum Gasteiger partial charge on any atom is -0.505 e. The van der Waals surface area contributed by atoms with Crippen LogP contribution in [0.2, 0.25) is 0 Å². The molecule has 1 N–H and O–H groups in total. The molecule has 3 nitrogen and oxygen atoms in total. The number of rotatable bonds is 2. The second kappa shape index (κ2) is 4.07. The number of hydrogen-bond acceptors (Lipinski definition) is 3. The van der Waals surface area contributed by atoms with Crippen molar-refractivity contribution >= 4 is 15.9 Å². The van der Waals surface area contributed by atoms with Gasteiger partial charge in [-0.2, -0.15) is 0 Å². The SMILES string of the molecule is Cc1cc(CN(C)C)c(O)c(Br)n1. The number of halogens is 1. The predicted octanol–water partition coefficient (Wildman–Crippen LogP) is 1.92. The molecule has 0 radical (unpaired) electrons. The Labute approximate surface area is 86.5 Å². The maximum absolute atomic E-state index is 9.63. The summed E-state index contributed by atoms with van der Waals surface area (Å²) >= 11 is 3.21. The molecule has 0 aliphatic heterocycles. The van der Waals surface area contributed by atoms with Crippen LogP contribution in [0, 0.1) is 6.92 Å². The third kappa shape index (κ3) is 2.67. The molecule has 0 aromatic carbocycles. The quantitative estimate of drug-likeness (QED) is 0.808. The van der Waals surface area contributed by atoms with E-state index in [4.69, 9.17) is 0 Å².